The number of carbonyl (C=O) groups is 11. The minimum absolute atomic E-state index is 0.0502. The Kier molecular flexibility index (Phi) is 27.5. The summed E-state index contributed by atoms with van der Waals surface area (Å²) < 4.78 is 10.9. The number of nitrogens with zero attached hydrogens (tertiary/aromatic N) is 5. The molecule has 12 amide bonds. The Bertz CT molecular complexity index is 3600. The molecule has 3 aliphatic heterocycles. The van der Waals surface area contributed by atoms with Crippen LogP contribution in [0.1, 0.15) is 155 Å². The number of hydrogen-bond acceptors (Lipinski definition) is 16. The third-order valence-electron chi connectivity index (χ3n) is 15.8. The van der Waals surface area contributed by atoms with Gasteiger partial charge in [0.25, 0.3) is 23.6 Å². The number of carbonyl (C=O) groups excluding carboxylic acids is 11. The van der Waals surface area contributed by atoms with Crippen molar-refractivity contribution in [3.8, 4) is 0 Å². The van der Waals surface area contributed by atoms with Gasteiger partial charge in [-0.3, -0.25) is 58.5 Å². The third-order valence-corrected chi connectivity index (χ3v) is 15.8. The fraction of sp³-hybridized carbons (Fsp3) is 0.443. The smallest absolute Gasteiger partial charge is 0.413 e. The van der Waals surface area contributed by atoms with Gasteiger partial charge in [-0.15, -0.1) is 0 Å². The monoisotopic (exact) mass is 1330 g/mol. The zero-order chi connectivity index (χ0) is 70.2. The average molecular weight is 1340 g/mol. The van der Waals surface area contributed by atoms with Crippen LogP contribution in [0.5, 0.6) is 0 Å². The molecule has 4 aromatic rings. The maximum absolute atomic E-state index is 13.9. The second-order valence-corrected chi connectivity index (χ2v) is 25.2. The summed E-state index contributed by atoms with van der Waals surface area (Å²) in [5.74, 6) is -3.26. The van der Waals surface area contributed by atoms with Crippen molar-refractivity contribution in [2.75, 3.05) is 56.4 Å². The molecule has 0 fully saturated rings. The molecule has 0 saturated carbocycles. The number of pyridine rings is 1. The maximum atomic E-state index is 13.9. The van der Waals surface area contributed by atoms with Gasteiger partial charge in [0.05, 0.1) is 17.6 Å². The van der Waals surface area contributed by atoms with Crippen LogP contribution in [0.3, 0.4) is 0 Å². The van der Waals surface area contributed by atoms with Gasteiger partial charge in [0.2, 0.25) is 23.6 Å². The number of rotatable bonds is 31. The molecule has 3 aromatic carbocycles. The first-order valence-electron chi connectivity index (χ1n) is 32.9. The molecule has 0 unspecified atom stereocenters. The Balaban J connectivity index is 0.830. The van der Waals surface area contributed by atoms with Gasteiger partial charge in [0, 0.05) is 124 Å². The predicted octanol–water partition coefficient (Wildman–Crippen LogP) is 7.04. The number of nitrogens with two attached hydrogens (primary N) is 1. The number of anilines is 2. The van der Waals surface area contributed by atoms with Crippen LogP contribution in [0, 0.1) is 5.92 Å². The number of alkyl carbamates (subject to hydrolysis) is 2. The molecule has 4 heterocycles. The summed E-state index contributed by atoms with van der Waals surface area (Å²) in [5, 5.41) is 21.9. The SMILES string of the molecule is CCCN(CCC)C(=O)C1=Cc2ccc(C(=O)Nc3cnc4c(c3)CN(Cc3ccc(C(=O)NCCNC(=O)OCc5ccc(NC(=O)[C@H](CCCNC(N)=O)NC(=O)[C@@H](NC(=O)CCCCCN6C(=O)C=CC6=O)C(C)C)cc5)cc3)CC4)cc2N=C(NC(=O)OC(C)(C)C)C1. The molecule has 7 rings (SSSR count). The highest BCUT2D eigenvalue weighted by Gasteiger charge is 2.31. The van der Waals surface area contributed by atoms with Crippen molar-refractivity contribution in [2.24, 2.45) is 16.6 Å². The third kappa shape index (κ3) is 23.5. The summed E-state index contributed by atoms with van der Waals surface area (Å²) in [5.41, 5.74) is 11.0. The van der Waals surface area contributed by atoms with Gasteiger partial charge < -0.3 is 57.3 Å². The van der Waals surface area contributed by atoms with Gasteiger partial charge in [0.1, 0.15) is 30.1 Å². The van der Waals surface area contributed by atoms with Crippen LogP contribution in [0.15, 0.2) is 102 Å². The zero-order valence-electron chi connectivity index (χ0n) is 56.2. The van der Waals surface area contributed by atoms with E-state index in [0.717, 1.165) is 41.1 Å². The van der Waals surface area contributed by atoms with E-state index in [1.807, 2.05) is 32.0 Å². The molecule has 0 saturated heterocycles. The number of aromatic nitrogens is 1. The van der Waals surface area contributed by atoms with Crippen LogP contribution in [0.25, 0.3) is 6.08 Å². The second kappa shape index (κ2) is 36.0. The van der Waals surface area contributed by atoms with Gasteiger partial charge in [0.15, 0.2) is 0 Å². The Morgan fingerprint density at radius 1 is 0.711 bits per heavy atom. The number of nitrogens with one attached hydrogen (secondary N) is 8. The number of urea groups is 1. The normalized spacial score (nSPS) is 14.1. The molecule has 0 bridgehead atoms. The molecule has 0 spiro atoms. The first kappa shape index (κ1) is 74.1. The number of unbranched alkanes of at least 4 members (excludes halogenated alkanes) is 2. The lowest BCUT2D eigenvalue weighted by Crippen LogP contribution is -2.54. The summed E-state index contributed by atoms with van der Waals surface area (Å²) in [6.45, 7) is 16.3. The van der Waals surface area contributed by atoms with Gasteiger partial charge in [-0.2, -0.15) is 0 Å². The summed E-state index contributed by atoms with van der Waals surface area (Å²) in [6.07, 6.45) is 8.76. The van der Waals surface area contributed by atoms with Gasteiger partial charge >= 0.3 is 18.2 Å². The summed E-state index contributed by atoms with van der Waals surface area (Å²) in [6, 6.07) is 17.9. The minimum atomic E-state index is -1.07. The Morgan fingerprint density at radius 3 is 2.08 bits per heavy atom. The van der Waals surface area contributed by atoms with Crippen molar-refractivity contribution in [2.45, 2.75) is 150 Å². The van der Waals surface area contributed by atoms with Gasteiger partial charge in [-0.1, -0.05) is 64.4 Å². The van der Waals surface area contributed by atoms with Crippen LogP contribution in [-0.4, -0.2) is 154 Å². The van der Waals surface area contributed by atoms with E-state index in [-0.39, 0.29) is 99.8 Å². The first-order chi connectivity index (χ1) is 46.3. The van der Waals surface area contributed by atoms with Crippen molar-refractivity contribution in [3.63, 3.8) is 0 Å². The number of amides is 12. The number of benzene rings is 3. The molecule has 0 radical (unpaired) electrons. The molecule has 3 aliphatic rings. The van der Waals surface area contributed by atoms with Crippen molar-refractivity contribution < 1.29 is 62.2 Å². The molecule has 27 nitrogen and oxygen atoms in total. The van der Waals surface area contributed by atoms with Crippen LogP contribution in [0.4, 0.5) is 31.4 Å². The fourth-order valence-corrected chi connectivity index (χ4v) is 10.9. The fourth-order valence-electron chi connectivity index (χ4n) is 10.9. The van der Waals surface area contributed by atoms with Crippen LogP contribution >= 0.6 is 0 Å². The van der Waals surface area contributed by atoms with E-state index in [4.69, 9.17) is 20.2 Å². The number of ether oxygens (including phenoxy) is 2. The van der Waals surface area contributed by atoms with E-state index < -0.39 is 53.6 Å². The van der Waals surface area contributed by atoms with Gasteiger partial charge in [-0.05, 0) is 130 Å². The number of primary amides is 1. The molecule has 1 aromatic heterocycles. The first-order valence-corrected chi connectivity index (χ1v) is 32.9. The van der Waals surface area contributed by atoms with E-state index in [1.54, 1.807) is 106 Å². The van der Waals surface area contributed by atoms with Crippen LogP contribution < -0.4 is 48.3 Å². The highest BCUT2D eigenvalue weighted by Crippen LogP contribution is 2.30. The molecular weight excluding hydrogens is 1240 g/mol. The molecule has 97 heavy (non-hydrogen) atoms. The lowest BCUT2D eigenvalue weighted by molar-refractivity contribution is -0.137. The van der Waals surface area contributed by atoms with E-state index in [0.29, 0.717) is 96.8 Å². The number of aliphatic imine (C=N–C) groups is 1. The highest BCUT2D eigenvalue weighted by atomic mass is 16.6. The minimum Gasteiger partial charge on any atom is -0.445 e. The van der Waals surface area contributed by atoms with E-state index in [9.17, 15) is 52.7 Å². The molecular formula is C70H90N14O13. The molecule has 27 heteroatoms. The predicted molar refractivity (Wildman–Crippen MR) is 365 cm³/mol. The molecule has 518 valence electrons. The number of amidine groups is 1. The summed E-state index contributed by atoms with van der Waals surface area (Å²) in [4.78, 5) is 156. The topological polar surface area (TPSA) is 363 Å². The highest BCUT2D eigenvalue weighted by molar-refractivity contribution is 6.13. The lowest BCUT2D eigenvalue weighted by atomic mass is 10.0. The Labute approximate surface area is 564 Å². The summed E-state index contributed by atoms with van der Waals surface area (Å²) >= 11 is 0. The standard InChI is InChI=1S/C70H90N14O13/c1-8-32-83(33-9-2)66(92)50-36-48-22-23-49(38-56(48)78-57(39-50)80-69(95)97-70(5,6)7)63(89)77-53-37-51-42-82(35-28-54(51)75-40-53)41-45-16-20-47(21-17-45)62(88)72-30-31-74-68(94)96-43-46-18-24-52(25-19-46)76-64(90)55(14-13-29-73-67(71)93)79-65(91)61(44(3)4)81-58(85)15-11-10-12-34-84-59(86)26-27-60(84)87/h16-27,36-38,40,44,55,61H,8-15,28-35,39,41-43H2,1-7H3,(H,72,88)(H,74,94)(H,76,90)(H,77,89)(H,79,91)(H,81,85)(H3,71,73,93)(H,78,80,95)/t55-,61-/m0/s1. The number of hydrogen-bond donors (Lipinski definition) is 9. The average Bonchev–Trinajstić information content (AvgIpc) is 0.985. The Hall–Kier alpha value is -10.3. The number of imide groups is 1. The second-order valence-electron chi connectivity index (χ2n) is 25.2. The van der Waals surface area contributed by atoms with Crippen molar-refractivity contribution in [1.82, 2.24) is 51.6 Å². The zero-order valence-corrected chi connectivity index (χ0v) is 56.2. The van der Waals surface area contributed by atoms with Crippen molar-refractivity contribution in [3.05, 3.63) is 136 Å². The van der Waals surface area contributed by atoms with E-state index in [2.05, 4.69) is 52.4 Å². The lowest BCUT2D eigenvalue weighted by Gasteiger charge is -2.28. The molecule has 10 N–H and O–H groups in total. The van der Waals surface area contributed by atoms with E-state index >= 15 is 0 Å². The Morgan fingerprint density at radius 2 is 1.40 bits per heavy atom. The van der Waals surface area contributed by atoms with Crippen molar-refractivity contribution in [1.29, 1.82) is 0 Å². The van der Waals surface area contributed by atoms with Crippen molar-refractivity contribution >= 4 is 94.4 Å². The van der Waals surface area contributed by atoms with E-state index in [1.165, 1.54) is 12.2 Å². The van der Waals surface area contributed by atoms with Crippen LogP contribution in [0.2, 0.25) is 0 Å². The quantitative estimate of drug-likeness (QED) is 0.0180. The van der Waals surface area contributed by atoms with Crippen LogP contribution in [-0.2, 0) is 64.4 Å². The largest absolute Gasteiger partial charge is 0.445 e. The summed E-state index contributed by atoms with van der Waals surface area (Å²) in [7, 11) is 0. The number of fused-ring (bicyclic) bond motifs is 2. The van der Waals surface area contributed by atoms with Gasteiger partial charge in [-0.25, -0.2) is 19.4 Å². The maximum Gasteiger partial charge on any atom is 0.413 e. The molecule has 0 aliphatic carbocycles. The molecule has 2 atom stereocenters.